The zero-order valence-electron chi connectivity index (χ0n) is 17.6. The fourth-order valence-electron chi connectivity index (χ4n) is 2.83. The van der Waals surface area contributed by atoms with Gasteiger partial charge in [-0.2, -0.15) is 5.10 Å². The van der Waals surface area contributed by atoms with E-state index < -0.39 is 4.92 Å². The van der Waals surface area contributed by atoms with E-state index in [4.69, 9.17) is 9.47 Å². The molecule has 0 aliphatic heterocycles. The van der Waals surface area contributed by atoms with Gasteiger partial charge in [0.25, 0.3) is 0 Å². The standard InChI is InChI=1S/C21H21N5O5S/c1-4-31-19-10-14(9-18(26(28)29)20(19)30-3)11-22-25-21-24-17(12-32-21)15-5-7-16(8-6-15)23-13(2)27/h5-12H,4H2,1-3H3,(H,23,27)(H,24,25)/b22-11-. The maximum absolute atomic E-state index is 11.4. The number of thiazole rings is 1. The molecule has 32 heavy (non-hydrogen) atoms. The van der Waals surface area contributed by atoms with E-state index in [1.54, 1.807) is 25.1 Å². The average Bonchev–Trinajstić information content (AvgIpc) is 3.22. The number of nitro groups is 1. The fourth-order valence-corrected chi connectivity index (χ4v) is 3.50. The zero-order chi connectivity index (χ0) is 23.1. The molecule has 1 aromatic heterocycles. The van der Waals surface area contributed by atoms with E-state index in [0.717, 1.165) is 11.3 Å². The molecular weight excluding hydrogens is 434 g/mol. The predicted molar refractivity (Wildman–Crippen MR) is 124 cm³/mol. The van der Waals surface area contributed by atoms with Crippen LogP contribution in [0.1, 0.15) is 19.4 Å². The molecule has 0 unspecified atom stereocenters. The van der Waals surface area contributed by atoms with Crippen LogP contribution in [0.4, 0.5) is 16.5 Å². The van der Waals surface area contributed by atoms with Crippen LogP contribution in [-0.2, 0) is 4.79 Å². The zero-order valence-corrected chi connectivity index (χ0v) is 18.4. The van der Waals surface area contributed by atoms with E-state index in [2.05, 4.69) is 20.8 Å². The van der Waals surface area contributed by atoms with E-state index in [1.165, 1.54) is 37.7 Å². The smallest absolute Gasteiger partial charge is 0.315 e. The van der Waals surface area contributed by atoms with Crippen molar-refractivity contribution in [2.75, 3.05) is 24.5 Å². The molecule has 2 aromatic carbocycles. The summed E-state index contributed by atoms with van der Waals surface area (Å²) in [5, 5.41) is 20.6. The molecule has 1 heterocycles. The number of nitrogens with one attached hydrogen (secondary N) is 2. The molecule has 0 aliphatic carbocycles. The molecule has 2 N–H and O–H groups in total. The van der Waals surface area contributed by atoms with Gasteiger partial charge >= 0.3 is 5.69 Å². The Labute approximate surface area is 188 Å². The van der Waals surface area contributed by atoms with E-state index in [1.807, 2.05) is 17.5 Å². The van der Waals surface area contributed by atoms with Crippen LogP contribution in [0, 0.1) is 10.1 Å². The lowest BCUT2D eigenvalue weighted by Crippen LogP contribution is -2.05. The van der Waals surface area contributed by atoms with E-state index in [9.17, 15) is 14.9 Å². The van der Waals surface area contributed by atoms with Crippen LogP contribution in [0.3, 0.4) is 0 Å². The number of hydrazone groups is 1. The van der Waals surface area contributed by atoms with E-state index >= 15 is 0 Å². The molecule has 1 amide bonds. The largest absolute Gasteiger partial charge is 0.490 e. The Bertz CT molecular complexity index is 1140. The van der Waals surface area contributed by atoms with Gasteiger partial charge in [0, 0.05) is 35.2 Å². The summed E-state index contributed by atoms with van der Waals surface area (Å²) in [5.74, 6) is 0.201. The molecule has 0 atom stereocenters. The summed E-state index contributed by atoms with van der Waals surface area (Å²) in [5.41, 5.74) is 5.44. The van der Waals surface area contributed by atoms with Crippen LogP contribution in [0.2, 0.25) is 0 Å². The first-order valence-corrected chi connectivity index (χ1v) is 10.4. The Morgan fingerprint density at radius 3 is 2.69 bits per heavy atom. The Kier molecular flexibility index (Phi) is 7.34. The lowest BCUT2D eigenvalue weighted by atomic mass is 10.1. The Hall–Kier alpha value is -3.99. The van der Waals surface area contributed by atoms with Gasteiger partial charge in [0.05, 0.1) is 30.5 Å². The molecule has 10 nitrogen and oxygen atoms in total. The van der Waals surface area contributed by atoms with Crippen molar-refractivity contribution in [2.24, 2.45) is 5.10 Å². The molecule has 0 radical (unpaired) electrons. The fraction of sp³-hybridized carbons (Fsp3) is 0.190. The summed E-state index contributed by atoms with van der Waals surface area (Å²) < 4.78 is 10.6. The van der Waals surface area contributed by atoms with Crippen molar-refractivity contribution in [2.45, 2.75) is 13.8 Å². The van der Waals surface area contributed by atoms with Crippen molar-refractivity contribution in [1.82, 2.24) is 4.98 Å². The average molecular weight is 455 g/mol. The second-order valence-corrected chi connectivity index (χ2v) is 7.29. The molecule has 166 valence electrons. The predicted octanol–water partition coefficient (Wildman–Crippen LogP) is 4.53. The van der Waals surface area contributed by atoms with Gasteiger partial charge in [-0.25, -0.2) is 4.98 Å². The van der Waals surface area contributed by atoms with Gasteiger partial charge in [0.15, 0.2) is 5.75 Å². The molecule has 0 bridgehead atoms. The number of rotatable bonds is 9. The molecule has 0 saturated heterocycles. The quantitative estimate of drug-likeness (QED) is 0.276. The summed E-state index contributed by atoms with van der Waals surface area (Å²) in [6.07, 6.45) is 1.44. The Morgan fingerprint density at radius 2 is 2.06 bits per heavy atom. The number of ether oxygens (including phenoxy) is 2. The number of nitro benzene ring substituents is 1. The second-order valence-electron chi connectivity index (χ2n) is 6.43. The van der Waals surface area contributed by atoms with Gasteiger partial charge in [-0.15, -0.1) is 11.3 Å². The number of anilines is 2. The third-order valence-electron chi connectivity index (χ3n) is 4.14. The minimum Gasteiger partial charge on any atom is -0.490 e. The van der Waals surface area contributed by atoms with Crippen LogP contribution < -0.4 is 20.2 Å². The highest BCUT2D eigenvalue weighted by atomic mass is 32.1. The van der Waals surface area contributed by atoms with Crippen LogP contribution in [0.5, 0.6) is 11.5 Å². The minimum absolute atomic E-state index is 0.0658. The second kappa shape index (κ2) is 10.4. The van der Waals surface area contributed by atoms with Crippen molar-refractivity contribution in [3.8, 4) is 22.8 Å². The first-order valence-electron chi connectivity index (χ1n) is 9.53. The van der Waals surface area contributed by atoms with Crippen molar-refractivity contribution in [3.63, 3.8) is 0 Å². The van der Waals surface area contributed by atoms with Gasteiger partial charge in [-0.05, 0) is 25.1 Å². The van der Waals surface area contributed by atoms with Crippen molar-refractivity contribution < 1.29 is 19.2 Å². The highest BCUT2D eigenvalue weighted by Crippen LogP contribution is 2.37. The van der Waals surface area contributed by atoms with Gasteiger partial charge in [0.2, 0.25) is 16.8 Å². The van der Waals surface area contributed by atoms with Crippen LogP contribution in [0.15, 0.2) is 46.9 Å². The summed E-state index contributed by atoms with van der Waals surface area (Å²) in [6, 6.07) is 10.3. The van der Waals surface area contributed by atoms with Crippen LogP contribution >= 0.6 is 11.3 Å². The maximum Gasteiger partial charge on any atom is 0.315 e. The van der Waals surface area contributed by atoms with Gasteiger partial charge in [0.1, 0.15) is 0 Å². The Morgan fingerprint density at radius 1 is 1.31 bits per heavy atom. The number of amides is 1. The number of carbonyl (C=O) groups excluding carboxylic acids is 1. The third kappa shape index (κ3) is 5.58. The molecule has 11 heteroatoms. The first kappa shape index (κ1) is 22.7. The van der Waals surface area contributed by atoms with Crippen molar-refractivity contribution in [3.05, 3.63) is 57.5 Å². The number of nitrogens with zero attached hydrogens (tertiary/aromatic N) is 3. The number of methoxy groups -OCH3 is 1. The molecule has 3 rings (SSSR count). The van der Waals surface area contributed by atoms with Crippen molar-refractivity contribution >= 4 is 40.0 Å². The number of hydrogen-bond donors (Lipinski definition) is 2. The highest BCUT2D eigenvalue weighted by molar-refractivity contribution is 7.14. The normalized spacial score (nSPS) is 10.7. The molecule has 0 saturated carbocycles. The number of aromatic nitrogens is 1. The van der Waals surface area contributed by atoms with Gasteiger partial charge in [-0.1, -0.05) is 12.1 Å². The van der Waals surface area contributed by atoms with Gasteiger partial charge in [-0.3, -0.25) is 20.3 Å². The molecular formula is C21H21N5O5S. The monoisotopic (exact) mass is 455 g/mol. The maximum atomic E-state index is 11.4. The molecule has 0 aliphatic rings. The summed E-state index contributed by atoms with van der Waals surface area (Å²) >= 11 is 1.36. The van der Waals surface area contributed by atoms with Gasteiger partial charge < -0.3 is 14.8 Å². The van der Waals surface area contributed by atoms with Crippen LogP contribution in [0.25, 0.3) is 11.3 Å². The number of hydrogen-bond acceptors (Lipinski definition) is 9. The molecule has 0 fully saturated rings. The first-order chi connectivity index (χ1) is 15.4. The SMILES string of the molecule is CCOc1cc(/C=N\Nc2nc(-c3ccc(NC(C)=O)cc3)cs2)cc([N+](=O)[O-])c1OC. The van der Waals surface area contributed by atoms with Crippen LogP contribution in [-0.4, -0.2) is 35.7 Å². The summed E-state index contributed by atoms with van der Waals surface area (Å²) in [7, 11) is 1.35. The summed E-state index contributed by atoms with van der Waals surface area (Å²) in [4.78, 5) is 26.4. The lowest BCUT2D eigenvalue weighted by Gasteiger charge is -2.10. The topological polar surface area (TPSA) is 128 Å². The van der Waals surface area contributed by atoms with E-state index in [-0.39, 0.29) is 23.1 Å². The third-order valence-corrected chi connectivity index (χ3v) is 4.88. The lowest BCUT2D eigenvalue weighted by molar-refractivity contribution is -0.385. The minimum atomic E-state index is -0.531. The molecule has 3 aromatic rings. The Balaban J connectivity index is 1.73. The van der Waals surface area contributed by atoms with Crippen molar-refractivity contribution in [1.29, 1.82) is 0 Å². The highest BCUT2D eigenvalue weighted by Gasteiger charge is 2.21. The molecule has 0 spiro atoms. The van der Waals surface area contributed by atoms with E-state index in [0.29, 0.717) is 23.0 Å². The summed E-state index contributed by atoms with van der Waals surface area (Å²) in [6.45, 7) is 3.57. The number of carbonyl (C=O) groups is 1. The number of benzene rings is 2.